The van der Waals surface area contributed by atoms with Gasteiger partial charge in [0.1, 0.15) is 0 Å². The van der Waals surface area contributed by atoms with Gasteiger partial charge in [0.25, 0.3) is 0 Å². The minimum Gasteiger partial charge on any atom is -0.380 e. The molecule has 2 N–H and O–H groups in total. The fourth-order valence-electron chi connectivity index (χ4n) is 1.68. The molecular weight excluding hydrogens is 182 g/mol. The minimum absolute atomic E-state index is 0.126. The predicted octanol–water partition coefficient (Wildman–Crippen LogP) is 0.596. The molecule has 5 nitrogen and oxygen atoms in total. The highest BCUT2D eigenvalue weighted by atomic mass is 16.5. The van der Waals surface area contributed by atoms with Crippen LogP contribution < -0.4 is 5.73 Å². The highest BCUT2D eigenvalue weighted by Gasteiger charge is 2.35. The monoisotopic (exact) mass is 197 g/mol. The number of hydrogen-bond donors (Lipinski definition) is 1. The topological polar surface area (TPSA) is 74.2 Å². The standard InChI is InChI=1S/C9H15N3O2/c1-9(3-2-4-13-6-9)8-11-7(5-10)12-14-8/h2-6,10H2,1H3. The molecule has 0 aliphatic carbocycles. The van der Waals surface area contributed by atoms with E-state index in [9.17, 15) is 0 Å². The van der Waals surface area contributed by atoms with Crippen molar-refractivity contribution >= 4 is 0 Å². The van der Waals surface area contributed by atoms with Gasteiger partial charge in [0.15, 0.2) is 5.82 Å². The molecule has 0 amide bonds. The van der Waals surface area contributed by atoms with Crippen LogP contribution in [0.15, 0.2) is 4.52 Å². The summed E-state index contributed by atoms with van der Waals surface area (Å²) in [5, 5.41) is 3.79. The average molecular weight is 197 g/mol. The Labute approximate surface area is 82.6 Å². The predicted molar refractivity (Wildman–Crippen MR) is 49.6 cm³/mol. The van der Waals surface area contributed by atoms with Crippen LogP contribution in [-0.4, -0.2) is 23.4 Å². The van der Waals surface area contributed by atoms with Gasteiger partial charge in [0.05, 0.1) is 18.6 Å². The van der Waals surface area contributed by atoms with E-state index in [2.05, 4.69) is 17.1 Å². The largest absolute Gasteiger partial charge is 0.380 e. The van der Waals surface area contributed by atoms with E-state index in [4.69, 9.17) is 15.0 Å². The van der Waals surface area contributed by atoms with Gasteiger partial charge < -0.3 is 15.0 Å². The second kappa shape index (κ2) is 3.67. The first-order valence-corrected chi connectivity index (χ1v) is 4.85. The SMILES string of the molecule is CC1(c2nc(CN)no2)CCCOC1. The van der Waals surface area contributed by atoms with Crippen LogP contribution in [0.5, 0.6) is 0 Å². The van der Waals surface area contributed by atoms with Crippen LogP contribution >= 0.6 is 0 Å². The van der Waals surface area contributed by atoms with Crippen molar-refractivity contribution in [1.82, 2.24) is 10.1 Å². The summed E-state index contributed by atoms with van der Waals surface area (Å²) in [5.74, 6) is 1.21. The molecule has 2 rings (SSSR count). The number of nitrogens with zero attached hydrogens (tertiary/aromatic N) is 2. The summed E-state index contributed by atoms with van der Waals surface area (Å²) in [4.78, 5) is 4.24. The first-order valence-electron chi connectivity index (χ1n) is 4.85. The second-order valence-corrected chi connectivity index (χ2v) is 3.94. The van der Waals surface area contributed by atoms with Gasteiger partial charge in [0, 0.05) is 6.61 Å². The Hall–Kier alpha value is -0.940. The number of ether oxygens (including phenoxy) is 1. The molecule has 1 saturated heterocycles. The number of rotatable bonds is 2. The third-order valence-electron chi connectivity index (χ3n) is 2.60. The molecule has 1 atom stereocenters. The van der Waals surface area contributed by atoms with E-state index < -0.39 is 0 Å². The zero-order valence-electron chi connectivity index (χ0n) is 8.32. The van der Waals surface area contributed by atoms with Crippen molar-refractivity contribution in [2.75, 3.05) is 13.2 Å². The molecule has 1 aliphatic rings. The molecule has 0 bridgehead atoms. The molecule has 1 aromatic rings. The third kappa shape index (κ3) is 1.65. The fraction of sp³-hybridized carbons (Fsp3) is 0.778. The normalized spacial score (nSPS) is 27.9. The summed E-state index contributed by atoms with van der Waals surface area (Å²) >= 11 is 0. The molecule has 5 heteroatoms. The fourth-order valence-corrected chi connectivity index (χ4v) is 1.68. The number of nitrogens with two attached hydrogens (primary N) is 1. The molecule has 1 aromatic heterocycles. The molecular formula is C9H15N3O2. The van der Waals surface area contributed by atoms with Gasteiger partial charge in [-0.15, -0.1) is 0 Å². The quantitative estimate of drug-likeness (QED) is 0.751. The van der Waals surface area contributed by atoms with Crippen molar-refractivity contribution in [2.24, 2.45) is 5.73 Å². The Morgan fingerprint density at radius 3 is 3.00 bits per heavy atom. The van der Waals surface area contributed by atoms with Crippen LogP contribution in [0.2, 0.25) is 0 Å². The Kier molecular flexibility index (Phi) is 2.52. The first-order chi connectivity index (χ1) is 6.74. The molecule has 0 aromatic carbocycles. The lowest BCUT2D eigenvalue weighted by atomic mass is 9.85. The van der Waals surface area contributed by atoms with Crippen LogP contribution in [0.25, 0.3) is 0 Å². The molecule has 0 radical (unpaired) electrons. The van der Waals surface area contributed by atoms with Crippen LogP contribution in [0, 0.1) is 0 Å². The van der Waals surface area contributed by atoms with Crippen LogP contribution in [0.3, 0.4) is 0 Å². The molecule has 1 fully saturated rings. The molecule has 1 aliphatic heterocycles. The van der Waals surface area contributed by atoms with Crippen LogP contribution in [0.1, 0.15) is 31.5 Å². The number of hydrogen-bond acceptors (Lipinski definition) is 5. The maximum Gasteiger partial charge on any atom is 0.234 e. The second-order valence-electron chi connectivity index (χ2n) is 3.94. The molecule has 78 valence electrons. The Morgan fingerprint density at radius 2 is 2.43 bits per heavy atom. The highest BCUT2D eigenvalue weighted by Crippen LogP contribution is 2.31. The zero-order chi connectivity index (χ0) is 10.0. The summed E-state index contributed by atoms with van der Waals surface area (Å²) in [6.07, 6.45) is 2.07. The zero-order valence-corrected chi connectivity index (χ0v) is 8.32. The van der Waals surface area contributed by atoms with Crippen LogP contribution in [-0.2, 0) is 16.7 Å². The van der Waals surface area contributed by atoms with E-state index >= 15 is 0 Å². The van der Waals surface area contributed by atoms with Gasteiger partial charge in [-0.2, -0.15) is 4.98 Å². The van der Waals surface area contributed by atoms with Crippen molar-refractivity contribution in [3.8, 4) is 0 Å². The maximum absolute atomic E-state index is 5.42. The Balaban J connectivity index is 2.19. The third-order valence-corrected chi connectivity index (χ3v) is 2.60. The summed E-state index contributed by atoms with van der Waals surface area (Å²) in [5.41, 5.74) is 5.29. The van der Waals surface area contributed by atoms with Crippen molar-refractivity contribution < 1.29 is 9.26 Å². The lowest BCUT2D eigenvalue weighted by Crippen LogP contribution is -2.33. The van der Waals surface area contributed by atoms with Crippen LogP contribution in [0.4, 0.5) is 0 Å². The molecule has 0 spiro atoms. The Bertz CT molecular complexity index is 305. The summed E-state index contributed by atoms with van der Waals surface area (Å²) in [6.45, 7) is 3.88. The Morgan fingerprint density at radius 1 is 1.57 bits per heavy atom. The first kappa shape index (κ1) is 9.61. The average Bonchev–Trinajstić information content (AvgIpc) is 2.67. The van der Waals surface area contributed by atoms with Crippen molar-refractivity contribution in [3.05, 3.63) is 11.7 Å². The smallest absolute Gasteiger partial charge is 0.234 e. The van der Waals surface area contributed by atoms with Crippen molar-refractivity contribution in [2.45, 2.75) is 31.7 Å². The van der Waals surface area contributed by atoms with Gasteiger partial charge in [0.2, 0.25) is 5.89 Å². The van der Waals surface area contributed by atoms with Gasteiger partial charge in [-0.1, -0.05) is 5.16 Å². The van der Waals surface area contributed by atoms with Gasteiger partial charge in [-0.3, -0.25) is 0 Å². The van der Waals surface area contributed by atoms with Gasteiger partial charge >= 0.3 is 0 Å². The molecule has 14 heavy (non-hydrogen) atoms. The maximum atomic E-state index is 5.42. The summed E-state index contributed by atoms with van der Waals surface area (Å²) in [6, 6.07) is 0. The van der Waals surface area contributed by atoms with Gasteiger partial charge in [-0.25, -0.2) is 0 Å². The van der Waals surface area contributed by atoms with E-state index in [1.807, 2.05) is 0 Å². The molecule has 1 unspecified atom stereocenters. The number of aromatic nitrogens is 2. The summed E-state index contributed by atoms with van der Waals surface area (Å²) in [7, 11) is 0. The lowest BCUT2D eigenvalue weighted by Gasteiger charge is -2.29. The van der Waals surface area contributed by atoms with E-state index in [0.717, 1.165) is 19.4 Å². The van der Waals surface area contributed by atoms with E-state index in [1.165, 1.54) is 0 Å². The van der Waals surface area contributed by atoms with E-state index in [-0.39, 0.29) is 5.41 Å². The van der Waals surface area contributed by atoms with Crippen molar-refractivity contribution in [3.63, 3.8) is 0 Å². The van der Waals surface area contributed by atoms with Gasteiger partial charge in [-0.05, 0) is 19.8 Å². The van der Waals surface area contributed by atoms with Crippen molar-refractivity contribution in [1.29, 1.82) is 0 Å². The van der Waals surface area contributed by atoms with E-state index in [1.54, 1.807) is 0 Å². The minimum atomic E-state index is -0.126. The lowest BCUT2D eigenvalue weighted by molar-refractivity contribution is 0.0282. The summed E-state index contributed by atoms with van der Waals surface area (Å²) < 4.78 is 10.6. The highest BCUT2D eigenvalue weighted by molar-refractivity contribution is 5.04. The van der Waals surface area contributed by atoms with E-state index in [0.29, 0.717) is 24.9 Å². The molecule has 0 saturated carbocycles. The molecule has 2 heterocycles.